The van der Waals surface area contributed by atoms with E-state index in [-0.39, 0.29) is 6.04 Å². The van der Waals surface area contributed by atoms with E-state index in [9.17, 15) is 10.2 Å². The molecule has 12 heavy (non-hydrogen) atoms. The molecule has 0 aromatic rings. The van der Waals surface area contributed by atoms with Gasteiger partial charge in [-0.1, -0.05) is 6.08 Å². The van der Waals surface area contributed by atoms with Gasteiger partial charge in [-0.05, 0) is 6.92 Å². The minimum Gasteiger partial charge on any atom is -0.392 e. The largest absolute Gasteiger partial charge is 0.392 e. The second-order valence-electron chi connectivity index (χ2n) is 3.47. The summed E-state index contributed by atoms with van der Waals surface area (Å²) in [5.74, 6) is 0. The maximum atomic E-state index is 9.36. The average molecular weight is 171 g/mol. The number of piperidine rings is 1. The Balaban J connectivity index is 2.48. The fourth-order valence-electron chi connectivity index (χ4n) is 1.56. The predicted octanol–water partition coefficient (Wildman–Crippen LogP) is -0.0116. The Hall–Kier alpha value is -0.380. The van der Waals surface area contributed by atoms with Crippen molar-refractivity contribution >= 4 is 0 Å². The van der Waals surface area contributed by atoms with Gasteiger partial charge in [0, 0.05) is 25.6 Å². The van der Waals surface area contributed by atoms with Crippen LogP contribution in [0.15, 0.2) is 12.7 Å². The third-order valence-electron chi connectivity index (χ3n) is 2.35. The van der Waals surface area contributed by atoms with Gasteiger partial charge in [0.15, 0.2) is 0 Å². The number of likely N-dealkylation sites (tertiary alicyclic amines) is 1. The van der Waals surface area contributed by atoms with Crippen LogP contribution < -0.4 is 0 Å². The smallest absolute Gasteiger partial charge is 0.0692 e. The van der Waals surface area contributed by atoms with Crippen LogP contribution in [0.25, 0.3) is 0 Å². The Kier molecular flexibility index (Phi) is 3.26. The van der Waals surface area contributed by atoms with Gasteiger partial charge in [0.05, 0.1) is 12.2 Å². The quantitative estimate of drug-likeness (QED) is 0.574. The molecule has 3 heteroatoms. The second kappa shape index (κ2) is 4.03. The lowest BCUT2D eigenvalue weighted by Crippen LogP contribution is -2.48. The molecule has 0 aliphatic carbocycles. The summed E-state index contributed by atoms with van der Waals surface area (Å²) >= 11 is 0. The van der Waals surface area contributed by atoms with Crippen molar-refractivity contribution in [2.75, 3.05) is 13.1 Å². The molecule has 2 N–H and O–H groups in total. The highest BCUT2D eigenvalue weighted by Crippen LogP contribution is 2.13. The summed E-state index contributed by atoms with van der Waals surface area (Å²) in [6.45, 7) is 6.98. The molecule has 3 nitrogen and oxygen atoms in total. The van der Waals surface area contributed by atoms with Crippen LogP contribution in [0, 0.1) is 0 Å². The highest BCUT2D eigenvalue weighted by molar-refractivity contribution is 4.89. The van der Waals surface area contributed by atoms with Gasteiger partial charge in [-0.2, -0.15) is 0 Å². The van der Waals surface area contributed by atoms with Gasteiger partial charge in [0.2, 0.25) is 0 Å². The first-order valence-corrected chi connectivity index (χ1v) is 4.36. The minimum atomic E-state index is -0.392. The van der Waals surface area contributed by atoms with Crippen molar-refractivity contribution in [3.05, 3.63) is 12.7 Å². The monoisotopic (exact) mass is 171 g/mol. The summed E-state index contributed by atoms with van der Waals surface area (Å²) in [7, 11) is 0. The summed E-state index contributed by atoms with van der Waals surface area (Å²) in [4.78, 5) is 2.03. The standard InChI is InChI=1S/C9H17NO2/c1-3-7(2)10-5-8(11)4-9(12)6-10/h3,7-9,11-12H,1,4-6H2,2H3/t7?,8-,9+. The number of hydrogen-bond donors (Lipinski definition) is 2. The van der Waals surface area contributed by atoms with Crippen molar-refractivity contribution in [2.45, 2.75) is 31.6 Å². The van der Waals surface area contributed by atoms with E-state index in [1.807, 2.05) is 17.9 Å². The molecule has 0 bridgehead atoms. The second-order valence-corrected chi connectivity index (χ2v) is 3.47. The Labute approximate surface area is 73.3 Å². The highest BCUT2D eigenvalue weighted by atomic mass is 16.3. The molecule has 0 radical (unpaired) electrons. The molecule has 0 aromatic carbocycles. The molecule has 0 saturated carbocycles. The van der Waals surface area contributed by atoms with Crippen molar-refractivity contribution in [1.29, 1.82) is 0 Å². The number of β-amino-alcohol motifs (C(OH)–C–C–N with tert-alkyl or cyclic N) is 2. The molecule has 70 valence electrons. The summed E-state index contributed by atoms with van der Waals surface area (Å²) in [5, 5.41) is 18.7. The van der Waals surface area contributed by atoms with Crippen LogP contribution in [0.2, 0.25) is 0 Å². The van der Waals surface area contributed by atoms with E-state index in [1.165, 1.54) is 0 Å². The van der Waals surface area contributed by atoms with Crippen LogP contribution in [0.5, 0.6) is 0 Å². The molecule has 1 saturated heterocycles. The fourth-order valence-corrected chi connectivity index (χ4v) is 1.56. The zero-order valence-electron chi connectivity index (χ0n) is 7.48. The van der Waals surface area contributed by atoms with Gasteiger partial charge in [0.1, 0.15) is 0 Å². The molecule has 1 heterocycles. The molecular formula is C9H17NO2. The third kappa shape index (κ3) is 2.30. The van der Waals surface area contributed by atoms with E-state index < -0.39 is 12.2 Å². The SMILES string of the molecule is C=CC(C)N1C[C@H](O)C[C@H](O)C1. The van der Waals surface area contributed by atoms with E-state index in [2.05, 4.69) is 6.58 Å². The molecule has 1 aliphatic heterocycles. The van der Waals surface area contributed by atoms with Crippen molar-refractivity contribution < 1.29 is 10.2 Å². The lowest BCUT2D eigenvalue weighted by Gasteiger charge is -2.36. The van der Waals surface area contributed by atoms with E-state index in [4.69, 9.17) is 0 Å². The van der Waals surface area contributed by atoms with E-state index in [0.29, 0.717) is 19.5 Å². The van der Waals surface area contributed by atoms with Crippen molar-refractivity contribution in [2.24, 2.45) is 0 Å². The first-order chi connectivity index (χ1) is 5.63. The number of aliphatic hydroxyl groups excluding tert-OH is 2. The molecule has 3 atom stereocenters. The molecular weight excluding hydrogens is 154 g/mol. The summed E-state index contributed by atoms with van der Waals surface area (Å²) in [6, 6.07) is 0.231. The maximum absolute atomic E-state index is 9.36. The van der Waals surface area contributed by atoms with E-state index in [1.54, 1.807) is 0 Å². The van der Waals surface area contributed by atoms with Crippen LogP contribution in [0.3, 0.4) is 0 Å². The van der Waals surface area contributed by atoms with Crippen LogP contribution in [0.4, 0.5) is 0 Å². The molecule has 1 unspecified atom stereocenters. The number of nitrogens with zero attached hydrogens (tertiary/aromatic N) is 1. The number of aliphatic hydroxyl groups is 2. The summed E-state index contributed by atoms with van der Waals surface area (Å²) < 4.78 is 0. The summed E-state index contributed by atoms with van der Waals surface area (Å²) in [6.07, 6.45) is 1.54. The molecule has 1 rings (SSSR count). The van der Waals surface area contributed by atoms with Crippen molar-refractivity contribution in [3.8, 4) is 0 Å². The van der Waals surface area contributed by atoms with Gasteiger partial charge >= 0.3 is 0 Å². The Bertz CT molecular complexity index is 151. The molecule has 1 aliphatic rings. The lowest BCUT2D eigenvalue weighted by molar-refractivity contribution is -0.0153. The third-order valence-corrected chi connectivity index (χ3v) is 2.35. The fraction of sp³-hybridized carbons (Fsp3) is 0.778. The Morgan fingerprint density at radius 2 is 1.92 bits per heavy atom. The topological polar surface area (TPSA) is 43.7 Å². The average Bonchev–Trinajstić information content (AvgIpc) is 2.01. The van der Waals surface area contributed by atoms with E-state index in [0.717, 1.165) is 0 Å². The first kappa shape index (κ1) is 9.71. The minimum absolute atomic E-state index is 0.231. The van der Waals surface area contributed by atoms with Crippen molar-refractivity contribution in [1.82, 2.24) is 4.90 Å². The van der Waals surface area contributed by atoms with Gasteiger partial charge in [-0.25, -0.2) is 0 Å². The first-order valence-electron chi connectivity index (χ1n) is 4.36. The van der Waals surface area contributed by atoms with Crippen LogP contribution >= 0.6 is 0 Å². The van der Waals surface area contributed by atoms with Gasteiger partial charge < -0.3 is 10.2 Å². The van der Waals surface area contributed by atoms with Gasteiger partial charge in [0.25, 0.3) is 0 Å². The molecule has 0 spiro atoms. The molecule has 0 aromatic heterocycles. The number of rotatable bonds is 2. The Morgan fingerprint density at radius 3 is 2.33 bits per heavy atom. The zero-order chi connectivity index (χ0) is 9.14. The van der Waals surface area contributed by atoms with E-state index >= 15 is 0 Å². The van der Waals surface area contributed by atoms with Gasteiger partial charge in [-0.15, -0.1) is 6.58 Å². The highest BCUT2D eigenvalue weighted by Gasteiger charge is 2.25. The zero-order valence-corrected chi connectivity index (χ0v) is 7.48. The molecule has 1 fully saturated rings. The van der Waals surface area contributed by atoms with Gasteiger partial charge in [-0.3, -0.25) is 4.90 Å². The van der Waals surface area contributed by atoms with Crippen LogP contribution in [-0.4, -0.2) is 46.5 Å². The summed E-state index contributed by atoms with van der Waals surface area (Å²) in [5.41, 5.74) is 0. The van der Waals surface area contributed by atoms with Crippen LogP contribution in [-0.2, 0) is 0 Å². The maximum Gasteiger partial charge on any atom is 0.0692 e. The van der Waals surface area contributed by atoms with Crippen LogP contribution in [0.1, 0.15) is 13.3 Å². The normalized spacial score (nSPS) is 34.6. The lowest BCUT2D eigenvalue weighted by atomic mass is 10.0. The Morgan fingerprint density at radius 1 is 1.42 bits per heavy atom. The number of hydrogen-bond acceptors (Lipinski definition) is 3. The molecule has 0 amide bonds. The predicted molar refractivity (Wildman–Crippen MR) is 47.9 cm³/mol. The van der Waals surface area contributed by atoms with Crippen molar-refractivity contribution in [3.63, 3.8) is 0 Å².